The first-order valence-electron chi connectivity index (χ1n) is 8.40. The second kappa shape index (κ2) is 6.87. The molecule has 1 amide bonds. The molecule has 132 valence electrons. The van der Waals surface area contributed by atoms with E-state index in [0.29, 0.717) is 30.3 Å². The van der Waals surface area contributed by atoms with Gasteiger partial charge in [0.1, 0.15) is 6.33 Å². The zero-order valence-electron chi connectivity index (χ0n) is 13.9. The van der Waals surface area contributed by atoms with Crippen LogP contribution >= 0.6 is 0 Å². The highest BCUT2D eigenvalue weighted by Crippen LogP contribution is 2.38. The number of amides is 1. The molecule has 3 aromatic rings. The van der Waals surface area contributed by atoms with Gasteiger partial charge in [-0.25, -0.2) is 9.36 Å². The summed E-state index contributed by atoms with van der Waals surface area (Å²) in [6.07, 6.45) is 3.71. The minimum absolute atomic E-state index is 0.163. The van der Waals surface area contributed by atoms with Crippen molar-refractivity contribution in [3.05, 3.63) is 64.3 Å². The number of nitrogens with zero attached hydrogens (tertiary/aromatic N) is 6. The molecule has 0 unspecified atom stereocenters. The van der Waals surface area contributed by atoms with Gasteiger partial charge in [-0.15, -0.1) is 5.10 Å². The number of rotatable bonds is 6. The molecular weight excluding hydrogens is 334 g/mol. The first-order valence-corrected chi connectivity index (χ1v) is 8.40. The molecule has 1 fully saturated rings. The van der Waals surface area contributed by atoms with Crippen LogP contribution in [0.3, 0.4) is 0 Å². The summed E-state index contributed by atoms with van der Waals surface area (Å²) in [6.45, 7) is 0.646. The molecule has 1 aliphatic carbocycles. The van der Waals surface area contributed by atoms with Crippen molar-refractivity contribution in [2.45, 2.75) is 25.3 Å². The van der Waals surface area contributed by atoms with Gasteiger partial charge in [-0.05, 0) is 47.5 Å². The van der Waals surface area contributed by atoms with Crippen molar-refractivity contribution in [1.82, 2.24) is 35.3 Å². The minimum atomic E-state index is -0.230. The number of hydrogen-bond donors (Lipinski definition) is 1. The van der Waals surface area contributed by atoms with E-state index < -0.39 is 0 Å². The average molecular weight is 351 g/mol. The van der Waals surface area contributed by atoms with E-state index in [-0.39, 0.29) is 11.5 Å². The van der Waals surface area contributed by atoms with E-state index in [2.05, 4.69) is 25.9 Å². The lowest BCUT2D eigenvalue weighted by Gasteiger charge is -2.09. The molecule has 1 aromatic carbocycles. The first-order chi connectivity index (χ1) is 12.7. The van der Waals surface area contributed by atoms with Crippen LogP contribution in [0.2, 0.25) is 0 Å². The highest BCUT2D eigenvalue weighted by molar-refractivity contribution is 5.94. The Morgan fingerprint density at radius 2 is 2.12 bits per heavy atom. The fourth-order valence-electron chi connectivity index (χ4n) is 2.67. The molecule has 0 spiro atoms. The van der Waals surface area contributed by atoms with Crippen molar-refractivity contribution >= 4 is 5.91 Å². The molecule has 4 rings (SSSR count). The van der Waals surface area contributed by atoms with Gasteiger partial charge in [0.25, 0.3) is 11.5 Å². The van der Waals surface area contributed by atoms with Crippen molar-refractivity contribution < 1.29 is 4.79 Å². The van der Waals surface area contributed by atoms with Crippen molar-refractivity contribution in [3.8, 4) is 5.69 Å². The molecule has 0 aliphatic heterocycles. The van der Waals surface area contributed by atoms with Gasteiger partial charge in [-0.1, -0.05) is 6.07 Å². The maximum atomic E-state index is 12.3. The first kappa shape index (κ1) is 16.1. The zero-order chi connectivity index (χ0) is 17.9. The lowest BCUT2D eigenvalue weighted by atomic mass is 10.2. The van der Waals surface area contributed by atoms with Gasteiger partial charge in [0.2, 0.25) is 0 Å². The molecule has 9 heteroatoms. The van der Waals surface area contributed by atoms with E-state index in [9.17, 15) is 9.59 Å². The van der Waals surface area contributed by atoms with E-state index in [1.54, 1.807) is 30.3 Å². The molecular formula is C17H17N7O2. The Kier molecular flexibility index (Phi) is 4.26. The predicted molar refractivity (Wildman–Crippen MR) is 92.0 cm³/mol. The summed E-state index contributed by atoms with van der Waals surface area (Å²) in [7, 11) is 0. The highest BCUT2D eigenvalue weighted by atomic mass is 16.2. The smallest absolute Gasteiger partial charge is 0.266 e. The third-order valence-corrected chi connectivity index (χ3v) is 4.21. The molecule has 1 N–H and O–H groups in total. The van der Waals surface area contributed by atoms with Crippen molar-refractivity contribution in [3.63, 3.8) is 0 Å². The summed E-state index contributed by atoms with van der Waals surface area (Å²) in [4.78, 5) is 24.2. The minimum Gasteiger partial charge on any atom is -0.350 e. The maximum Gasteiger partial charge on any atom is 0.266 e. The predicted octanol–water partition coefficient (Wildman–Crippen LogP) is 0.526. The van der Waals surface area contributed by atoms with Crippen molar-refractivity contribution in [1.29, 1.82) is 0 Å². The Morgan fingerprint density at radius 1 is 1.23 bits per heavy atom. The molecule has 26 heavy (non-hydrogen) atoms. The summed E-state index contributed by atoms with van der Waals surface area (Å²) in [6, 6.07) is 10.3. The number of hydrogen-bond acceptors (Lipinski definition) is 6. The topological polar surface area (TPSA) is 108 Å². The van der Waals surface area contributed by atoms with E-state index >= 15 is 0 Å². The monoisotopic (exact) mass is 351 g/mol. The lowest BCUT2D eigenvalue weighted by molar-refractivity contribution is 0.0951. The molecule has 0 atom stereocenters. The molecule has 1 saturated carbocycles. The number of aromatic nitrogens is 6. The number of nitrogens with one attached hydrogen (secondary N) is 1. The molecule has 0 bridgehead atoms. The molecule has 2 heterocycles. The van der Waals surface area contributed by atoms with E-state index in [4.69, 9.17) is 0 Å². The second-order valence-corrected chi connectivity index (χ2v) is 6.15. The van der Waals surface area contributed by atoms with Gasteiger partial charge >= 0.3 is 0 Å². The Hall–Kier alpha value is -3.36. The van der Waals surface area contributed by atoms with Crippen LogP contribution in [0, 0.1) is 0 Å². The normalized spacial score (nSPS) is 13.5. The molecule has 9 nitrogen and oxygen atoms in total. The van der Waals surface area contributed by atoms with Crippen molar-refractivity contribution in [2.75, 3.05) is 6.54 Å². The third-order valence-electron chi connectivity index (χ3n) is 4.21. The summed E-state index contributed by atoms with van der Waals surface area (Å²) >= 11 is 0. The maximum absolute atomic E-state index is 12.3. The van der Waals surface area contributed by atoms with Crippen LogP contribution < -0.4 is 10.9 Å². The van der Waals surface area contributed by atoms with Crippen LogP contribution in [0.25, 0.3) is 5.69 Å². The average Bonchev–Trinajstić information content (AvgIpc) is 3.37. The van der Waals surface area contributed by atoms with Crippen LogP contribution in [0.5, 0.6) is 0 Å². The summed E-state index contributed by atoms with van der Waals surface area (Å²) in [5.74, 6) is 0.247. The Balaban J connectivity index is 1.39. The van der Waals surface area contributed by atoms with E-state index in [1.807, 2.05) is 0 Å². The lowest BCUT2D eigenvalue weighted by Crippen LogP contribution is -2.32. The number of benzene rings is 1. The fourth-order valence-corrected chi connectivity index (χ4v) is 2.67. The van der Waals surface area contributed by atoms with E-state index in [0.717, 1.165) is 18.5 Å². The molecule has 0 radical (unpaired) electrons. The number of carbonyl (C=O) groups excluding carboxylic acids is 1. The van der Waals surface area contributed by atoms with Crippen LogP contribution in [0.4, 0.5) is 0 Å². The largest absolute Gasteiger partial charge is 0.350 e. The number of carbonyl (C=O) groups is 1. The second-order valence-electron chi connectivity index (χ2n) is 6.15. The molecule has 0 saturated heterocycles. The van der Waals surface area contributed by atoms with Gasteiger partial charge in [-0.2, -0.15) is 5.10 Å². The van der Waals surface area contributed by atoms with Crippen LogP contribution in [0.15, 0.2) is 47.5 Å². The SMILES string of the molecule is O=C(NCCn1nc(C2CC2)ccc1=O)c1cccc(-n2cnnn2)c1. The van der Waals surface area contributed by atoms with Crippen LogP contribution in [-0.4, -0.2) is 42.4 Å². The van der Waals surface area contributed by atoms with Crippen LogP contribution in [-0.2, 0) is 6.54 Å². The quantitative estimate of drug-likeness (QED) is 0.694. The fraction of sp³-hybridized carbons (Fsp3) is 0.294. The van der Waals surface area contributed by atoms with E-state index in [1.165, 1.54) is 21.8 Å². The third kappa shape index (κ3) is 3.51. The van der Waals surface area contributed by atoms with Gasteiger partial charge in [0.15, 0.2) is 0 Å². The zero-order valence-corrected chi connectivity index (χ0v) is 13.9. The number of tetrazole rings is 1. The summed E-state index contributed by atoms with van der Waals surface area (Å²) in [5.41, 5.74) is 1.97. The highest BCUT2D eigenvalue weighted by Gasteiger charge is 2.25. The Labute approximate surface area is 148 Å². The Morgan fingerprint density at radius 3 is 2.88 bits per heavy atom. The molecule has 2 aromatic heterocycles. The summed E-state index contributed by atoms with van der Waals surface area (Å²) < 4.78 is 2.88. The van der Waals surface area contributed by atoms with Crippen LogP contribution in [0.1, 0.15) is 34.8 Å². The van der Waals surface area contributed by atoms with Gasteiger partial charge in [0.05, 0.1) is 17.9 Å². The standard InChI is InChI=1S/C17H17N7O2/c25-16-7-6-15(12-4-5-12)20-23(16)9-8-18-17(26)13-2-1-3-14(10-13)24-11-19-21-22-24/h1-3,6-7,10-12H,4-5,8-9H2,(H,18,26). The molecule has 1 aliphatic rings. The Bertz CT molecular complexity index is 977. The van der Waals surface area contributed by atoms with Gasteiger partial charge in [-0.3, -0.25) is 9.59 Å². The van der Waals surface area contributed by atoms with Gasteiger partial charge in [0, 0.05) is 24.1 Å². The van der Waals surface area contributed by atoms with Crippen molar-refractivity contribution in [2.24, 2.45) is 0 Å². The summed E-state index contributed by atoms with van der Waals surface area (Å²) in [5, 5.41) is 18.2. The van der Waals surface area contributed by atoms with Gasteiger partial charge < -0.3 is 5.32 Å².